The van der Waals surface area contributed by atoms with E-state index in [1.165, 1.54) is 44.5 Å². The van der Waals surface area contributed by atoms with Gasteiger partial charge in [0.15, 0.2) is 0 Å². The molecule has 0 radical (unpaired) electrons. The summed E-state index contributed by atoms with van der Waals surface area (Å²) in [6.07, 6.45) is 12.3. The summed E-state index contributed by atoms with van der Waals surface area (Å²) in [6, 6.07) is 19.3. The van der Waals surface area contributed by atoms with Gasteiger partial charge in [-0.2, -0.15) is 0 Å². The van der Waals surface area contributed by atoms with Crippen molar-refractivity contribution in [3.05, 3.63) is 102 Å². The van der Waals surface area contributed by atoms with Crippen LogP contribution in [-0.4, -0.2) is 42.0 Å². The number of hydrogen-bond acceptors (Lipinski definition) is 5. The van der Waals surface area contributed by atoms with E-state index in [2.05, 4.69) is 52.4 Å². The summed E-state index contributed by atoms with van der Waals surface area (Å²) in [4.78, 5) is 36.6. The predicted molar refractivity (Wildman–Crippen MR) is 172 cm³/mol. The Morgan fingerprint density at radius 3 is 1.86 bits per heavy atom. The van der Waals surface area contributed by atoms with Gasteiger partial charge in [-0.25, -0.2) is 0 Å². The van der Waals surface area contributed by atoms with E-state index in [9.17, 15) is 9.59 Å². The first-order valence-electron chi connectivity index (χ1n) is 15.3. The quantitative estimate of drug-likeness (QED) is 0.249. The Hall–Kier alpha value is -5.04. The lowest BCUT2D eigenvalue weighted by Gasteiger charge is -2.26. The van der Waals surface area contributed by atoms with Crippen LogP contribution in [0.1, 0.15) is 35.1 Å². The van der Waals surface area contributed by atoms with Crippen molar-refractivity contribution in [2.75, 3.05) is 30.0 Å². The molecule has 0 saturated heterocycles. The van der Waals surface area contributed by atoms with Crippen LogP contribution in [0.4, 0.5) is 11.4 Å². The van der Waals surface area contributed by atoms with Gasteiger partial charge >= 0.3 is 0 Å². The van der Waals surface area contributed by atoms with Crippen LogP contribution >= 0.6 is 0 Å². The van der Waals surface area contributed by atoms with Gasteiger partial charge in [0.1, 0.15) is 5.75 Å². The molecule has 7 nitrogen and oxygen atoms in total. The summed E-state index contributed by atoms with van der Waals surface area (Å²) in [6.45, 7) is 1.65. The van der Waals surface area contributed by atoms with E-state index >= 15 is 0 Å². The van der Waals surface area contributed by atoms with Crippen LogP contribution in [0.5, 0.6) is 5.75 Å². The van der Waals surface area contributed by atoms with Crippen LogP contribution in [0.2, 0.25) is 0 Å². The highest BCUT2D eigenvalue weighted by molar-refractivity contribution is 6.01. The Kier molecular flexibility index (Phi) is 6.40. The maximum Gasteiger partial charge on any atom is 0.227 e. The average molecular weight is 581 g/mol. The minimum absolute atomic E-state index is 0.261. The Labute approximate surface area is 256 Å². The molecule has 0 saturated carbocycles. The molecule has 4 aliphatic heterocycles. The second-order valence-electron chi connectivity index (χ2n) is 11.9. The maximum absolute atomic E-state index is 12.1. The van der Waals surface area contributed by atoms with E-state index in [1.54, 1.807) is 13.3 Å². The molecule has 0 atom stereocenters. The van der Waals surface area contributed by atoms with Crippen LogP contribution in [-0.2, 0) is 35.3 Å². The van der Waals surface area contributed by atoms with Crippen LogP contribution in [0.3, 0.4) is 0 Å². The molecule has 2 aromatic heterocycles. The Bertz CT molecular complexity index is 1980. The smallest absolute Gasteiger partial charge is 0.227 e. The highest BCUT2D eigenvalue weighted by Gasteiger charge is 2.32. The number of methoxy groups -OCH3 is 1. The number of carbonyl (C=O) groups excluding carboxylic acids is 2. The number of pyridine rings is 2. The van der Waals surface area contributed by atoms with Crippen molar-refractivity contribution in [3.8, 4) is 28.0 Å². The molecule has 7 heteroatoms. The number of anilines is 2. The van der Waals surface area contributed by atoms with Gasteiger partial charge in [0.05, 0.1) is 24.7 Å². The number of amides is 2. The molecular formula is C37H32N4O3. The highest BCUT2D eigenvalue weighted by atomic mass is 16.5. The molecule has 218 valence electrons. The molecule has 0 unspecified atom stereocenters. The monoisotopic (exact) mass is 580 g/mol. The van der Waals surface area contributed by atoms with E-state index < -0.39 is 0 Å². The van der Waals surface area contributed by atoms with E-state index in [0.29, 0.717) is 12.8 Å². The number of aryl methyl sites for hydroxylation is 2. The molecule has 0 N–H and O–H groups in total. The molecule has 0 bridgehead atoms. The van der Waals surface area contributed by atoms with Crippen molar-refractivity contribution >= 4 is 34.0 Å². The minimum atomic E-state index is 0.261. The summed E-state index contributed by atoms with van der Waals surface area (Å²) < 4.78 is 5.25. The van der Waals surface area contributed by atoms with Gasteiger partial charge in [-0.15, -0.1) is 0 Å². The van der Waals surface area contributed by atoms with E-state index in [1.807, 2.05) is 40.5 Å². The first kappa shape index (κ1) is 26.6. The SMILES string of the molecule is COc1cncc(-c2cc3c4c(c2)CCN4C(=O)CC3)c1.O=C1CCc2cc(-c3cncc4ccccc34)cc3c2N1CC3. The van der Waals surface area contributed by atoms with Gasteiger partial charge in [-0.05, 0) is 94.8 Å². The molecule has 9 rings (SSSR count). The first-order valence-corrected chi connectivity index (χ1v) is 15.3. The van der Waals surface area contributed by atoms with Gasteiger partial charge in [0.2, 0.25) is 11.8 Å². The van der Waals surface area contributed by atoms with Crippen molar-refractivity contribution < 1.29 is 14.3 Å². The first-order chi connectivity index (χ1) is 21.6. The Morgan fingerprint density at radius 2 is 1.20 bits per heavy atom. The molecule has 4 aliphatic rings. The third-order valence-corrected chi connectivity index (χ3v) is 9.36. The Balaban J connectivity index is 0.000000132. The summed E-state index contributed by atoms with van der Waals surface area (Å²) >= 11 is 0. The number of ether oxygens (including phenoxy) is 1. The predicted octanol–water partition coefficient (Wildman–Crippen LogP) is 6.33. The zero-order valence-corrected chi connectivity index (χ0v) is 24.7. The number of benzene rings is 3. The number of nitrogens with zero attached hydrogens (tertiary/aromatic N) is 4. The summed E-state index contributed by atoms with van der Waals surface area (Å²) in [5, 5.41) is 2.40. The Morgan fingerprint density at radius 1 is 0.614 bits per heavy atom. The normalized spacial score (nSPS) is 16.0. The largest absolute Gasteiger partial charge is 0.495 e. The molecule has 2 amide bonds. The van der Waals surface area contributed by atoms with Gasteiger partial charge in [0.25, 0.3) is 0 Å². The topological polar surface area (TPSA) is 75.6 Å². The lowest BCUT2D eigenvalue weighted by Crippen LogP contribution is -2.32. The number of aromatic nitrogens is 2. The van der Waals surface area contributed by atoms with Crippen molar-refractivity contribution in [2.24, 2.45) is 0 Å². The van der Waals surface area contributed by atoms with Gasteiger partial charge in [0, 0.05) is 61.0 Å². The van der Waals surface area contributed by atoms with Crippen LogP contribution in [0.15, 0.2) is 79.4 Å². The van der Waals surface area contributed by atoms with Gasteiger partial charge in [-0.3, -0.25) is 19.6 Å². The lowest BCUT2D eigenvalue weighted by atomic mass is 9.92. The zero-order valence-electron chi connectivity index (χ0n) is 24.7. The van der Waals surface area contributed by atoms with Gasteiger partial charge in [-0.1, -0.05) is 24.3 Å². The summed E-state index contributed by atoms with van der Waals surface area (Å²) in [5.74, 6) is 1.30. The standard InChI is InChI=1S/C20H16N2O.C17H16N2O2/c23-19-6-5-13-9-16(10-14-7-8-22(19)20(13)14)18-12-21-11-15-3-1-2-4-17(15)18;1-21-15-8-14(9-18-10-15)13-6-11-2-3-16(20)19-5-4-12(7-13)17(11)19/h1-4,9-12H,5-8H2;6-10H,2-5H2,1H3. The summed E-state index contributed by atoms with van der Waals surface area (Å²) in [5.41, 5.74) is 12.1. The number of rotatable bonds is 3. The van der Waals surface area contributed by atoms with E-state index in [4.69, 9.17) is 4.74 Å². The van der Waals surface area contributed by atoms with Crippen molar-refractivity contribution in [1.29, 1.82) is 0 Å². The lowest BCUT2D eigenvalue weighted by molar-refractivity contribution is -0.119. The molecule has 3 aromatic carbocycles. The zero-order chi connectivity index (χ0) is 29.8. The molecule has 5 aromatic rings. The van der Waals surface area contributed by atoms with Crippen LogP contribution < -0.4 is 14.5 Å². The van der Waals surface area contributed by atoms with Crippen molar-refractivity contribution in [2.45, 2.75) is 38.5 Å². The average Bonchev–Trinajstić information content (AvgIpc) is 3.71. The number of hydrogen-bond donors (Lipinski definition) is 0. The molecule has 44 heavy (non-hydrogen) atoms. The molecule has 6 heterocycles. The fourth-order valence-electron chi connectivity index (χ4n) is 7.27. The van der Waals surface area contributed by atoms with Crippen molar-refractivity contribution in [3.63, 3.8) is 0 Å². The molecular weight excluding hydrogens is 548 g/mol. The van der Waals surface area contributed by atoms with Crippen LogP contribution in [0, 0.1) is 0 Å². The minimum Gasteiger partial charge on any atom is -0.495 e. The third-order valence-electron chi connectivity index (χ3n) is 9.36. The van der Waals surface area contributed by atoms with E-state index in [0.717, 1.165) is 66.7 Å². The van der Waals surface area contributed by atoms with Crippen molar-refractivity contribution in [1.82, 2.24) is 9.97 Å². The molecule has 0 fully saturated rings. The third kappa shape index (κ3) is 4.42. The second kappa shape index (κ2) is 10.6. The second-order valence-corrected chi connectivity index (χ2v) is 11.9. The van der Waals surface area contributed by atoms with Gasteiger partial charge < -0.3 is 14.5 Å². The van der Waals surface area contributed by atoms with E-state index in [-0.39, 0.29) is 11.8 Å². The maximum atomic E-state index is 12.1. The number of fused-ring (bicyclic) bond motifs is 1. The van der Waals surface area contributed by atoms with Crippen LogP contribution in [0.25, 0.3) is 33.0 Å². The highest BCUT2D eigenvalue weighted by Crippen LogP contribution is 2.42. The molecule has 0 aliphatic carbocycles. The fourth-order valence-corrected chi connectivity index (χ4v) is 7.27. The summed E-state index contributed by atoms with van der Waals surface area (Å²) in [7, 11) is 1.65. The molecule has 0 spiro atoms. The number of carbonyl (C=O) groups is 2. The fraction of sp³-hybridized carbons (Fsp3) is 0.243.